The predicted octanol–water partition coefficient (Wildman–Crippen LogP) is 0.395. The molecule has 1 heterocycles. The molecular weight excluding hydrogens is 164 g/mol. The molecule has 0 bridgehead atoms. The fourth-order valence-electron chi connectivity index (χ4n) is 2.00. The van der Waals surface area contributed by atoms with Crippen LogP contribution in [-0.4, -0.2) is 61.3 Å². The fraction of sp³-hybridized carbons (Fsp3) is 1.00. The molecule has 0 spiro atoms. The summed E-state index contributed by atoms with van der Waals surface area (Å²) in [6.45, 7) is 3.39. The highest BCUT2D eigenvalue weighted by atomic mass is 16.3. The second-order valence-corrected chi connectivity index (χ2v) is 4.12. The summed E-state index contributed by atoms with van der Waals surface area (Å²) in [6.07, 6.45) is 4.02. The zero-order chi connectivity index (χ0) is 9.68. The van der Waals surface area contributed by atoms with Gasteiger partial charge in [0.25, 0.3) is 0 Å². The summed E-state index contributed by atoms with van der Waals surface area (Å²) in [4.78, 5) is 4.66. The van der Waals surface area contributed by atoms with E-state index in [0.29, 0.717) is 6.04 Å². The van der Waals surface area contributed by atoms with Gasteiger partial charge in [-0.05, 0) is 33.5 Å². The van der Waals surface area contributed by atoms with E-state index >= 15 is 0 Å². The smallest absolute Gasteiger partial charge is 0.0558 e. The predicted molar refractivity (Wildman–Crippen MR) is 54.9 cm³/mol. The number of nitrogens with zero attached hydrogens (tertiary/aromatic N) is 2. The summed E-state index contributed by atoms with van der Waals surface area (Å²) < 4.78 is 0. The Morgan fingerprint density at radius 2 is 2.23 bits per heavy atom. The molecule has 0 amide bonds. The van der Waals surface area contributed by atoms with Crippen LogP contribution in [0.1, 0.15) is 19.3 Å². The van der Waals surface area contributed by atoms with Crippen LogP contribution in [0.2, 0.25) is 0 Å². The van der Waals surface area contributed by atoms with Gasteiger partial charge in [-0.25, -0.2) is 0 Å². The molecule has 78 valence electrons. The third-order valence-electron chi connectivity index (χ3n) is 2.93. The topological polar surface area (TPSA) is 26.7 Å². The van der Waals surface area contributed by atoms with Crippen LogP contribution in [-0.2, 0) is 0 Å². The zero-order valence-electron chi connectivity index (χ0n) is 8.87. The molecule has 1 fully saturated rings. The second kappa shape index (κ2) is 5.58. The molecular formula is C10H22N2O. The van der Waals surface area contributed by atoms with Gasteiger partial charge in [0.05, 0.1) is 6.61 Å². The molecule has 3 heteroatoms. The molecule has 1 rings (SSSR count). The molecule has 1 atom stereocenters. The third kappa shape index (κ3) is 3.63. The summed E-state index contributed by atoms with van der Waals surface area (Å²) in [5.74, 6) is 0. The number of hydrogen-bond donors (Lipinski definition) is 1. The Labute approximate surface area is 81.3 Å². The van der Waals surface area contributed by atoms with E-state index in [9.17, 15) is 0 Å². The van der Waals surface area contributed by atoms with Crippen molar-refractivity contribution in [3.63, 3.8) is 0 Å². The van der Waals surface area contributed by atoms with Gasteiger partial charge < -0.3 is 14.9 Å². The minimum Gasteiger partial charge on any atom is -0.395 e. The van der Waals surface area contributed by atoms with E-state index in [1.807, 2.05) is 0 Å². The molecule has 3 nitrogen and oxygen atoms in total. The van der Waals surface area contributed by atoms with Crippen LogP contribution in [0.3, 0.4) is 0 Å². The molecule has 0 aromatic rings. The van der Waals surface area contributed by atoms with Gasteiger partial charge in [-0.1, -0.05) is 6.42 Å². The quantitative estimate of drug-likeness (QED) is 0.688. The molecule has 0 aliphatic carbocycles. The Bertz CT molecular complexity index is 141. The van der Waals surface area contributed by atoms with Crippen molar-refractivity contribution in [2.24, 2.45) is 0 Å². The Morgan fingerprint density at radius 3 is 2.85 bits per heavy atom. The van der Waals surface area contributed by atoms with Crippen LogP contribution in [0.25, 0.3) is 0 Å². The van der Waals surface area contributed by atoms with Gasteiger partial charge in [0.2, 0.25) is 0 Å². The lowest BCUT2D eigenvalue weighted by molar-refractivity contribution is 0.129. The lowest BCUT2D eigenvalue weighted by Crippen LogP contribution is -2.44. The highest BCUT2D eigenvalue weighted by molar-refractivity contribution is 4.76. The van der Waals surface area contributed by atoms with Gasteiger partial charge in [0.15, 0.2) is 0 Å². The number of likely N-dealkylation sites (N-methyl/N-ethyl adjacent to an activating group) is 2. The van der Waals surface area contributed by atoms with Crippen molar-refractivity contribution in [1.29, 1.82) is 0 Å². The molecule has 0 radical (unpaired) electrons. The monoisotopic (exact) mass is 186 g/mol. The molecule has 1 unspecified atom stereocenters. The summed E-state index contributed by atoms with van der Waals surface area (Å²) in [6, 6.07) is 0.699. The Morgan fingerprint density at radius 1 is 1.46 bits per heavy atom. The lowest BCUT2D eigenvalue weighted by atomic mass is 10.0. The molecule has 1 aliphatic rings. The molecule has 1 N–H and O–H groups in total. The molecule has 13 heavy (non-hydrogen) atoms. The number of aliphatic hydroxyl groups excluding tert-OH is 1. The Balaban J connectivity index is 2.25. The minimum atomic E-state index is 0.271. The van der Waals surface area contributed by atoms with Crippen LogP contribution in [0, 0.1) is 0 Å². The first-order valence-electron chi connectivity index (χ1n) is 5.23. The SMILES string of the molecule is CN(CCO)CC1CCCCN1C. The standard InChI is InChI=1S/C10H22N2O/c1-11(7-8-13)9-10-5-3-4-6-12(10)2/h10,13H,3-9H2,1-2H3. The fourth-order valence-corrected chi connectivity index (χ4v) is 2.00. The van der Waals surface area contributed by atoms with Crippen molar-refractivity contribution in [2.45, 2.75) is 25.3 Å². The molecule has 1 aliphatic heterocycles. The molecule has 1 saturated heterocycles. The van der Waals surface area contributed by atoms with Crippen LogP contribution in [0.5, 0.6) is 0 Å². The normalized spacial score (nSPS) is 25.4. The van der Waals surface area contributed by atoms with Gasteiger partial charge in [-0.15, -0.1) is 0 Å². The van der Waals surface area contributed by atoms with E-state index < -0.39 is 0 Å². The van der Waals surface area contributed by atoms with Gasteiger partial charge in [-0.2, -0.15) is 0 Å². The van der Waals surface area contributed by atoms with Crippen molar-refractivity contribution < 1.29 is 5.11 Å². The van der Waals surface area contributed by atoms with Crippen molar-refractivity contribution in [3.8, 4) is 0 Å². The van der Waals surface area contributed by atoms with Gasteiger partial charge >= 0.3 is 0 Å². The van der Waals surface area contributed by atoms with Crippen molar-refractivity contribution in [2.75, 3.05) is 40.3 Å². The number of rotatable bonds is 4. The maximum atomic E-state index is 8.78. The van der Waals surface area contributed by atoms with E-state index in [-0.39, 0.29) is 6.61 Å². The zero-order valence-corrected chi connectivity index (χ0v) is 8.87. The van der Waals surface area contributed by atoms with Crippen LogP contribution >= 0.6 is 0 Å². The highest BCUT2D eigenvalue weighted by Crippen LogP contribution is 2.15. The number of likely N-dealkylation sites (tertiary alicyclic amines) is 1. The molecule has 0 saturated carbocycles. The highest BCUT2D eigenvalue weighted by Gasteiger charge is 2.19. The van der Waals surface area contributed by atoms with Gasteiger partial charge in [0.1, 0.15) is 0 Å². The first-order chi connectivity index (χ1) is 6.24. The van der Waals surface area contributed by atoms with E-state index in [0.717, 1.165) is 13.1 Å². The molecule has 0 aromatic carbocycles. The largest absolute Gasteiger partial charge is 0.395 e. The van der Waals surface area contributed by atoms with E-state index in [2.05, 4.69) is 23.9 Å². The Hall–Kier alpha value is -0.120. The van der Waals surface area contributed by atoms with Gasteiger partial charge in [0, 0.05) is 19.1 Å². The maximum absolute atomic E-state index is 8.78. The lowest BCUT2D eigenvalue weighted by Gasteiger charge is -2.35. The Kier molecular flexibility index (Phi) is 4.70. The first-order valence-corrected chi connectivity index (χ1v) is 5.23. The van der Waals surface area contributed by atoms with Crippen LogP contribution < -0.4 is 0 Å². The van der Waals surface area contributed by atoms with E-state index in [1.165, 1.54) is 25.8 Å². The summed E-state index contributed by atoms with van der Waals surface area (Å²) in [5.41, 5.74) is 0. The van der Waals surface area contributed by atoms with Crippen molar-refractivity contribution in [1.82, 2.24) is 9.80 Å². The average Bonchev–Trinajstić information content (AvgIpc) is 2.09. The average molecular weight is 186 g/mol. The maximum Gasteiger partial charge on any atom is 0.0558 e. The van der Waals surface area contributed by atoms with E-state index in [4.69, 9.17) is 5.11 Å². The summed E-state index contributed by atoms with van der Waals surface area (Å²) >= 11 is 0. The van der Waals surface area contributed by atoms with Crippen molar-refractivity contribution >= 4 is 0 Å². The third-order valence-corrected chi connectivity index (χ3v) is 2.93. The second-order valence-electron chi connectivity index (χ2n) is 4.12. The number of hydrogen-bond acceptors (Lipinski definition) is 3. The minimum absolute atomic E-state index is 0.271. The number of piperidine rings is 1. The summed E-state index contributed by atoms with van der Waals surface area (Å²) in [5, 5.41) is 8.78. The van der Waals surface area contributed by atoms with E-state index in [1.54, 1.807) is 0 Å². The molecule has 0 aromatic heterocycles. The number of aliphatic hydroxyl groups is 1. The van der Waals surface area contributed by atoms with Crippen LogP contribution in [0.4, 0.5) is 0 Å². The van der Waals surface area contributed by atoms with Crippen LogP contribution in [0.15, 0.2) is 0 Å². The summed E-state index contributed by atoms with van der Waals surface area (Å²) in [7, 11) is 4.29. The van der Waals surface area contributed by atoms with Crippen molar-refractivity contribution in [3.05, 3.63) is 0 Å². The first kappa shape index (κ1) is 11.0. The van der Waals surface area contributed by atoms with Gasteiger partial charge in [-0.3, -0.25) is 0 Å².